The largest absolute Gasteiger partial charge is 0.444 e. The molecule has 0 spiro atoms. The average molecular weight is 349 g/mol. The fourth-order valence-corrected chi connectivity index (χ4v) is 2.07. The molecule has 0 aliphatic heterocycles. The molecule has 8 heteroatoms. The van der Waals surface area contributed by atoms with Gasteiger partial charge in [0, 0.05) is 7.11 Å². The first kappa shape index (κ1) is 20.2. The fraction of sp³-hybridized carbons (Fsp3) is 0.562. The summed E-state index contributed by atoms with van der Waals surface area (Å²) in [7, 11) is 1.34. The highest BCUT2D eigenvalue weighted by atomic mass is 19.4. The monoisotopic (exact) mass is 349 g/mol. The van der Waals surface area contributed by atoms with E-state index in [1.807, 2.05) is 0 Å². The Hall–Kier alpha value is -1.80. The van der Waals surface area contributed by atoms with Crippen molar-refractivity contribution in [3.05, 3.63) is 35.4 Å². The average Bonchev–Trinajstić information content (AvgIpc) is 2.44. The van der Waals surface area contributed by atoms with Crippen molar-refractivity contribution in [3.63, 3.8) is 0 Å². The lowest BCUT2D eigenvalue weighted by atomic mass is 10.0. The van der Waals surface area contributed by atoms with Crippen molar-refractivity contribution in [2.75, 3.05) is 13.7 Å². The number of aliphatic hydroxyl groups is 1. The minimum atomic E-state index is -4.44. The van der Waals surface area contributed by atoms with E-state index in [2.05, 4.69) is 5.32 Å². The van der Waals surface area contributed by atoms with Crippen molar-refractivity contribution in [2.24, 2.45) is 0 Å². The molecule has 1 rings (SSSR count). The number of hydrogen-bond acceptors (Lipinski definition) is 4. The highest BCUT2D eigenvalue weighted by Crippen LogP contribution is 2.31. The molecule has 5 nitrogen and oxygen atoms in total. The lowest BCUT2D eigenvalue weighted by Gasteiger charge is -2.27. The summed E-state index contributed by atoms with van der Waals surface area (Å²) in [5, 5.41) is 11.9. The number of nitrogens with one attached hydrogen (secondary N) is 1. The van der Waals surface area contributed by atoms with Gasteiger partial charge in [-0.15, -0.1) is 0 Å². The van der Waals surface area contributed by atoms with E-state index in [4.69, 9.17) is 9.47 Å². The van der Waals surface area contributed by atoms with E-state index in [1.54, 1.807) is 20.8 Å². The predicted molar refractivity (Wildman–Crippen MR) is 81.4 cm³/mol. The van der Waals surface area contributed by atoms with Crippen molar-refractivity contribution in [2.45, 2.75) is 44.7 Å². The first-order valence-corrected chi connectivity index (χ1v) is 7.28. The zero-order valence-corrected chi connectivity index (χ0v) is 14.0. The fourth-order valence-electron chi connectivity index (χ4n) is 2.07. The van der Waals surface area contributed by atoms with Crippen molar-refractivity contribution in [1.82, 2.24) is 5.32 Å². The van der Waals surface area contributed by atoms with Gasteiger partial charge in [0.25, 0.3) is 0 Å². The van der Waals surface area contributed by atoms with Crippen LogP contribution in [0.4, 0.5) is 18.0 Å². The van der Waals surface area contributed by atoms with Gasteiger partial charge in [-0.25, -0.2) is 4.79 Å². The topological polar surface area (TPSA) is 67.8 Å². The van der Waals surface area contributed by atoms with E-state index in [0.29, 0.717) is 5.56 Å². The number of hydrogen-bond donors (Lipinski definition) is 2. The lowest BCUT2D eigenvalue weighted by molar-refractivity contribution is -0.137. The van der Waals surface area contributed by atoms with Crippen molar-refractivity contribution < 1.29 is 32.5 Å². The summed E-state index contributed by atoms with van der Waals surface area (Å²) in [4.78, 5) is 11.8. The summed E-state index contributed by atoms with van der Waals surface area (Å²) >= 11 is 0. The molecule has 0 saturated heterocycles. The summed E-state index contributed by atoms with van der Waals surface area (Å²) in [6.07, 6.45) is -6.02. The smallest absolute Gasteiger partial charge is 0.416 e. The van der Waals surface area contributed by atoms with E-state index in [1.165, 1.54) is 19.2 Å². The number of carbonyl (C=O) groups is 1. The highest BCUT2D eigenvalue weighted by molar-refractivity contribution is 5.68. The van der Waals surface area contributed by atoms with Crippen LogP contribution < -0.4 is 5.32 Å². The minimum absolute atomic E-state index is 0.389. The van der Waals surface area contributed by atoms with Gasteiger partial charge < -0.3 is 19.9 Å². The van der Waals surface area contributed by atoms with Crippen LogP contribution in [0.2, 0.25) is 0 Å². The third-order valence-corrected chi connectivity index (χ3v) is 3.08. The maximum atomic E-state index is 12.6. The van der Waals surface area contributed by atoms with Crippen molar-refractivity contribution in [1.29, 1.82) is 0 Å². The van der Waals surface area contributed by atoms with Gasteiger partial charge in [0.1, 0.15) is 11.7 Å². The highest BCUT2D eigenvalue weighted by Gasteiger charge is 2.31. The van der Waals surface area contributed by atoms with Gasteiger partial charge >= 0.3 is 12.3 Å². The van der Waals surface area contributed by atoms with Gasteiger partial charge in [-0.3, -0.25) is 0 Å². The summed E-state index contributed by atoms with van der Waals surface area (Å²) in [6, 6.07) is 3.46. The first-order valence-electron chi connectivity index (χ1n) is 7.28. The van der Waals surface area contributed by atoms with Crippen LogP contribution >= 0.6 is 0 Å². The Morgan fingerprint density at radius 1 is 1.21 bits per heavy atom. The van der Waals surface area contributed by atoms with E-state index in [0.717, 1.165) is 12.1 Å². The second-order valence-corrected chi connectivity index (χ2v) is 6.21. The van der Waals surface area contributed by atoms with Crippen LogP contribution in [0.3, 0.4) is 0 Å². The Balaban J connectivity index is 2.90. The zero-order valence-electron chi connectivity index (χ0n) is 14.0. The quantitative estimate of drug-likeness (QED) is 0.856. The normalized spacial score (nSPS) is 14.8. The van der Waals surface area contributed by atoms with Crippen LogP contribution in [0.15, 0.2) is 24.3 Å². The number of methoxy groups -OCH3 is 1. The number of rotatable bonds is 5. The molecule has 0 aliphatic rings. The van der Waals surface area contributed by atoms with Crippen LogP contribution in [0, 0.1) is 0 Å². The molecule has 2 N–H and O–H groups in total. The van der Waals surface area contributed by atoms with Gasteiger partial charge in [-0.2, -0.15) is 13.2 Å². The molecule has 2 atom stereocenters. The Labute approximate surface area is 138 Å². The van der Waals surface area contributed by atoms with Gasteiger partial charge in [-0.05, 0) is 38.5 Å². The summed E-state index contributed by atoms with van der Waals surface area (Å²) in [5.41, 5.74) is -1.12. The number of carbonyl (C=O) groups excluding carboxylic acids is 1. The third-order valence-electron chi connectivity index (χ3n) is 3.08. The molecule has 1 unspecified atom stereocenters. The van der Waals surface area contributed by atoms with E-state index < -0.39 is 42.2 Å². The van der Waals surface area contributed by atoms with Crippen LogP contribution in [0.1, 0.15) is 38.0 Å². The molecular weight excluding hydrogens is 327 g/mol. The van der Waals surface area contributed by atoms with Crippen LogP contribution in [0.5, 0.6) is 0 Å². The van der Waals surface area contributed by atoms with Gasteiger partial charge in [0.15, 0.2) is 0 Å². The lowest BCUT2D eigenvalue weighted by Crippen LogP contribution is -2.44. The summed E-state index contributed by atoms with van der Waals surface area (Å²) in [6.45, 7) is 4.58. The first-order chi connectivity index (χ1) is 11.0. The Bertz CT molecular complexity index is 538. The molecule has 0 saturated carbocycles. The molecule has 0 bridgehead atoms. The molecule has 0 fully saturated rings. The number of halogens is 3. The third kappa shape index (κ3) is 6.01. The van der Waals surface area contributed by atoms with Crippen molar-refractivity contribution in [3.8, 4) is 0 Å². The second kappa shape index (κ2) is 7.85. The number of alkyl carbamates (subject to hydrolysis) is 1. The van der Waals surface area contributed by atoms with Gasteiger partial charge in [-0.1, -0.05) is 12.1 Å². The van der Waals surface area contributed by atoms with E-state index in [-0.39, 0.29) is 0 Å². The SMILES string of the molecule is CO[C@@H](c1ccc(C(F)(F)F)cc1)C(CO)NC(=O)OC(C)(C)C. The summed E-state index contributed by atoms with van der Waals surface area (Å²) < 4.78 is 48.2. The molecule has 0 heterocycles. The minimum Gasteiger partial charge on any atom is -0.444 e. The van der Waals surface area contributed by atoms with E-state index >= 15 is 0 Å². The number of amides is 1. The number of aliphatic hydroxyl groups excluding tert-OH is 1. The maximum Gasteiger partial charge on any atom is 0.416 e. The maximum absolute atomic E-state index is 12.6. The van der Waals surface area contributed by atoms with Crippen molar-refractivity contribution >= 4 is 6.09 Å². The Kier molecular flexibility index (Phi) is 6.62. The molecule has 1 aromatic carbocycles. The number of ether oxygens (including phenoxy) is 2. The Morgan fingerprint density at radius 2 is 1.75 bits per heavy atom. The van der Waals surface area contributed by atoms with Gasteiger partial charge in [0.2, 0.25) is 0 Å². The van der Waals surface area contributed by atoms with Crippen LogP contribution in [-0.4, -0.2) is 36.6 Å². The van der Waals surface area contributed by atoms with Crippen LogP contribution in [-0.2, 0) is 15.7 Å². The molecule has 136 valence electrons. The predicted octanol–water partition coefficient (Wildman–Crippen LogP) is 3.28. The molecule has 1 aromatic rings. The second-order valence-electron chi connectivity index (χ2n) is 6.21. The molecule has 0 aromatic heterocycles. The van der Waals surface area contributed by atoms with Crippen LogP contribution in [0.25, 0.3) is 0 Å². The zero-order chi connectivity index (χ0) is 18.5. The summed E-state index contributed by atoms with van der Waals surface area (Å²) in [5.74, 6) is 0. The van der Waals surface area contributed by atoms with E-state index in [9.17, 15) is 23.1 Å². The molecule has 1 amide bonds. The molecule has 0 aliphatic carbocycles. The molecule has 24 heavy (non-hydrogen) atoms. The van der Waals surface area contributed by atoms with Gasteiger partial charge in [0.05, 0.1) is 18.2 Å². The molecular formula is C16H22F3NO4. The standard InChI is InChI=1S/C16H22F3NO4/c1-15(2,3)24-14(22)20-12(9-21)13(23-4)10-5-7-11(8-6-10)16(17,18)19/h5-8,12-13,21H,9H2,1-4H3,(H,20,22)/t12?,13-/m0/s1. The molecule has 0 radical (unpaired) electrons. The number of benzene rings is 1. The Morgan fingerprint density at radius 3 is 2.12 bits per heavy atom. The number of alkyl halides is 3.